The van der Waals surface area contributed by atoms with E-state index in [1.54, 1.807) is 12.1 Å². The zero-order valence-corrected chi connectivity index (χ0v) is 12.1. The zero-order chi connectivity index (χ0) is 15.4. The minimum atomic E-state index is -0.871. The normalized spacial score (nSPS) is 12.3. The van der Waals surface area contributed by atoms with E-state index < -0.39 is 6.10 Å². The average Bonchev–Trinajstić information content (AvgIpc) is 2.59. The van der Waals surface area contributed by atoms with E-state index in [4.69, 9.17) is 9.84 Å². The van der Waals surface area contributed by atoms with Crippen LogP contribution in [0.25, 0.3) is 10.8 Å². The van der Waals surface area contributed by atoms with Gasteiger partial charge in [0.2, 0.25) is 0 Å². The van der Waals surface area contributed by atoms with Crippen LogP contribution in [0.3, 0.4) is 0 Å². The van der Waals surface area contributed by atoms with Gasteiger partial charge in [-0.15, -0.1) is 0 Å². The highest BCUT2D eigenvalue weighted by atomic mass is 16.5. The molecule has 0 radical (unpaired) electrons. The minimum Gasteiger partial charge on any atom is -0.489 e. The maximum atomic E-state index is 9.65. The zero-order valence-electron chi connectivity index (χ0n) is 12.1. The lowest BCUT2D eigenvalue weighted by Gasteiger charge is -2.11. The number of rotatable bonds is 5. The minimum absolute atomic E-state index is 0.297. The number of aliphatic hydroxyl groups is 2. The summed E-state index contributed by atoms with van der Waals surface area (Å²) in [5.74, 6) is 0.679. The van der Waals surface area contributed by atoms with Crippen LogP contribution in [-0.2, 0) is 6.61 Å². The van der Waals surface area contributed by atoms with Crippen molar-refractivity contribution in [2.45, 2.75) is 12.7 Å². The molecule has 3 aromatic rings. The molecule has 0 aromatic heterocycles. The Balaban J connectivity index is 1.73. The summed E-state index contributed by atoms with van der Waals surface area (Å²) in [5.41, 5.74) is 1.74. The first-order valence-corrected chi connectivity index (χ1v) is 7.25. The van der Waals surface area contributed by atoms with Crippen molar-refractivity contribution in [2.24, 2.45) is 0 Å². The highest BCUT2D eigenvalue weighted by Crippen LogP contribution is 2.21. The van der Waals surface area contributed by atoms with Gasteiger partial charge in [-0.25, -0.2) is 0 Å². The Hall–Kier alpha value is -2.36. The van der Waals surface area contributed by atoms with Gasteiger partial charge in [-0.3, -0.25) is 0 Å². The predicted octanol–water partition coefficient (Wildman–Crippen LogP) is 3.44. The molecule has 0 aliphatic heterocycles. The van der Waals surface area contributed by atoms with Gasteiger partial charge < -0.3 is 14.9 Å². The number of fused-ring (bicyclic) bond motifs is 1. The first-order chi connectivity index (χ1) is 10.8. The van der Waals surface area contributed by atoms with Crippen molar-refractivity contribution < 1.29 is 14.9 Å². The van der Waals surface area contributed by atoms with Crippen molar-refractivity contribution in [3.05, 3.63) is 77.9 Å². The van der Waals surface area contributed by atoms with Crippen LogP contribution in [0.5, 0.6) is 5.75 Å². The lowest BCUT2D eigenvalue weighted by Crippen LogP contribution is -2.03. The van der Waals surface area contributed by atoms with Crippen molar-refractivity contribution in [1.82, 2.24) is 0 Å². The van der Waals surface area contributed by atoms with Gasteiger partial charge in [-0.2, -0.15) is 0 Å². The molecule has 0 bridgehead atoms. The molecular weight excluding hydrogens is 276 g/mol. The van der Waals surface area contributed by atoms with Crippen LogP contribution in [0.15, 0.2) is 66.7 Å². The number of aliphatic hydroxyl groups excluding tert-OH is 2. The molecule has 3 heteroatoms. The Labute approximate surface area is 129 Å². The monoisotopic (exact) mass is 294 g/mol. The van der Waals surface area contributed by atoms with Gasteiger partial charge in [0.15, 0.2) is 0 Å². The predicted molar refractivity (Wildman–Crippen MR) is 86.8 cm³/mol. The van der Waals surface area contributed by atoms with Crippen molar-refractivity contribution in [2.75, 3.05) is 6.61 Å². The number of hydrogen-bond donors (Lipinski definition) is 2. The second-order valence-corrected chi connectivity index (χ2v) is 5.24. The van der Waals surface area contributed by atoms with Crippen molar-refractivity contribution in [3.63, 3.8) is 0 Å². The fourth-order valence-electron chi connectivity index (χ4n) is 2.41. The molecule has 3 aromatic carbocycles. The third-order valence-corrected chi connectivity index (χ3v) is 3.64. The third-order valence-electron chi connectivity index (χ3n) is 3.64. The molecule has 0 aliphatic rings. The van der Waals surface area contributed by atoms with Gasteiger partial charge in [-0.05, 0) is 40.1 Å². The SMILES string of the molecule is OCC(O)c1cccc(OCc2ccc3ccccc3c2)c1. The quantitative estimate of drug-likeness (QED) is 0.758. The summed E-state index contributed by atoms with van der Waals surface area (Å²) in [4.78, 5) is 0. The average molecular weight is 294 g/mol. The molecule has 0 spiro atoms. The van der Waals surface area contributed by atoms with Crippen molar-refractivity contribution >= 4 is 10.8 Å². The van der Waals surface area contributed by atoms with E-state index in [9.17, 15) is 5.11 Å². The summed E-state index contributed by atoms with van der Waals surface area (Å²) < 4.78 is 5.78. The van der Waals surface area contributed by atoms with E-state index in [0.29, 0.717) is 17.9 Å². The summed E-state index contributed by atoms with van der Waals surface area (Å²) in [7, 11) is 0. The summed E-state index contributed by atoms with van der Waals surface area (Å²) in [5, 5.41) is 21.0. The molecule has 0 fully saturated rings. The number of benzene rings is 3. The molecule has 3 nitrogen and oxygen atoms in total. The Morgan fingerprint density at radius 3 is 2.50 bits per heavy atom. The number of ether oxygens (including phenoxy) is 1. The van der Waals surface area contributed by atoms with E-state index in [2.05, 4.69) is 30.3 Å². The third kappa shape index (κ3) is 3.27. The second-order valence-electron chi connectivity index (χ2n) is 5.24. The first kappa shape index (κ1) is 14.6. The van der Waals surface area contributed by atoms with Gasteiger partial charge in [0.1, 0.15) is 18.5 Å². The maximum absolute atomic E-state index is 9.65. The first-order valence-electron chi connectivity index (χ1n) is 7.25. The standard InChI is InChI=1S/C19H18O3/c20-12-19(21)17-6-3-7-18(11-17)22-13-14-8-9-15-4-1-2-5-16(15)10-14/h1-11,19-21H,12-13H2. The topological polar surface area (TPSA) is 49.7 Å². The summed E-state index contributed by atoms with van der Waals surface area (Å²) >= 11 is 0. The molecule has 0 saturated carbocycles. The van der Waals surface area contributed by atoms with Gasteiger partial charge in [0, 0.05) is 0 Å². The molecule has 0 amide bonds. The van der Waals surface area contributed by atoms with Gasteiger partial charge >= 0.3 is 0 Å². The molecular formula is C19H18O3. The lowest BCUT2D eigenvalue weighted by atomic mass is 10.1. The summed E-state index contributed by atoms with van der Waals surface area (Å²) in [6.45, 7) is 0.164. The van der Waals surface area contributed by atoms with E-state index in [1.807, 2.05) is 24.3 Å². The fraction of sp³-hybridized carbons (Fsp3) is 0.158. The molecule has 112 valence electrons. The van der Waals surface area contributed by atoms with Crippen molar-refractivity contribution in [1.29, 1.82) is 0 Å². The highest BCUT2D eigenvalue weighted by Gasteiger charge is 2.06. The molecule has 0 saturated heterocycles. The van der Waals surface area contributed by atoms with Gasteiger partial charge in [-0.1, -0.05) is 48.5 Å². The highest BCUT2D eigenvalue weighted by molar-refractivity contribution is 5.82. The van der Waals surface area contributed by atoms with E-state index in [0.717, 1.165) is 5.56 Å². The van der Waals surface area contributed by atoms with E-state index >= 15 is 0 Å². The van der Waals surface area contributed by atoms with E-state index in [1.165, 1.54) is 10.8 Å². The van der Waals surface area contributed by atoms with Crippen LogP contribution in [-0.4, -0.2) is 16.8 Å². The Morgan fingerprint density at radius 1 is 0.864 bits per heavy atom. The van der Waals surface area contributed by atoms with Crippen LogP contribution in [0.2, 0.25) is 0 Å². The largest absolute Gasteiger partial charge is 0.489 e. The second kappa shape index (κ2) is 6.60. The maximum Gasteiger partial charge on any atom is 0.120 e. The van der Waals surface area contributed by atoms with Crippen LogP contribution in [0.1, 0.15) is 17.2 Å². The molecule has 2 N–H and O–H groups in total. The van der Waals surface area contributed by atoms with E-state index in [-0.39, 0.29) is 6.61 Å². The fourth-order valence-corrected chi connectivity index (χ4v) is 2.41. The molecule has 22 heavy (non-hydrogen) atoms. The van der Waals surface area contributed by atoms with Crippen LogP contribution in [0.4, 0.5) is 0 Å². The lowest BCUT2D eigenvalue weighted by molar-refractivity contribution is 0.0953. The Bertz CT molecular complexity index is 767. The van der Waals surface area contributed by atoms with Gasteiger partial charge in [0.05, 0.1) is 6.61 Å². The Morgan fingerprint density at radius 2 is 1.68 bits per heavy atom. The van der Waals surface area contributed by atoms with Crippen LogP contribution < -0.4 is 4.74 Å². The molecule has 1 unspecified atom stereocenters. The molecule has 1 atom stereocenters. The summed E-state index contributed by atoms with van der Waals surface area (Å²) in [6, 6.07) is 21.6. The molecule has 0 aliphatic carbocycles. The smallest absolute Gasteiger partial charge is 0.120 e. The van der Waals surface area contributed by atoms with Gasteiger partial charge in [0.25, 0.3) is 0 Å². The van der Waals surface area contributed by atoms with Crippen LogP contribution in [0, 0.1) is 0 Å². The van der Waals surface area contributed by atoms with Crippen molar-refractivity contribution in [3.8, 4) is 5.75 Å². The molecule has 0 heterocycles. The Kier molecular flexibility index (Phi) is 4.37. The van der Waals surface area contributed by atoms with Crippen LogP contribution >= 0.6 is 0 Å². The molecule has 3 rings (SSSR count). The summed E-state index contributed by atoms with van der Waals surface area (Å²) in [6.07, 6.45) is -0.871. The number of hydrogen-bond acceptors (Lipinski definition) is 3.